The van der Waals surface area contributed by atoms with Crippen LogP contribution in [-0.4, -0.2) is 20.5 Å². The number of aromatic amines is 1. The number of aromatic nitrogens is 2. The molecule has 0 saturated heterocycles. The molecule has 1 aliphatic heterocycles. The zero-order valence-corrected chi connectivity index (χ0v) is 11.4. The Bertz CT molecular complexity index is 695. The monoisotopic (exact) mass is 257 g/mol. The number of hydrogen-bond acceptors (Lipinski definition) is 2. The molecule has 0 amide bonds. The number of imidazole rings is 1. The second kappa shape index (κ2) is 4.30. The Morgan fingerprint density at radius 1 is 1.53 bits per heavy atom. The highest BCUT2D eigenvalue weighted by Gasteiger charge is 2.25. The largest absolute Gasteiger partial charge is 0.366 e. The number of hydrogen-bond donors (Lipinski definition) is 1. The molecule has 1 aromatic heterocycles. The van der Waals surface area contributed by atoms with Gasteiger partial charge in [0, 0.05) is 24.8 Å². The van der Waals surface area contributed by atoms with Crippen molar-refractivity contribution in [2.24, 2.45) is 0 Å². The Morgan fingerprint density at radius 2 is 2.32 bits per heavy atom. The summed E-state index contributed by atoms with van der Waals surface area (Å²) in [5.74, 6) is 0. The van der Waals surface area contributed by atoms with Gasteiger partial charge in [-0.1, -0.05) is 25.6 Å². The highest BCUT2D eigenvalue weighted by Crippen LogP contribution is 2.26. The lowest BCUT2D eigenvalue weighted by Gasteiger charge is -2.31. The smallest absolute Gasteiger partial charge is 0.326 e. The molecule has 1 aliphatic rings. The summed E-state index contributed by atoms with van der Waals surface area (Å²) in [7, 11) is 0. The number of para-hydroxylation sites is 1. The Kier molecular flexibility index (Phi) is 2.73. The number of nitrogens with zero attached hydrogens (tertiary/aromatic N) is 2. The van der Waals surface area contributed by atoms with E-state index in [4.69, 9.17) is 0 Å². The fraction of sp³-hybridized carbons (Fsp3) is 0.400. The van der Waals surface area contributed by atoms with E-state index in [2.05, 4.69) is 29.5 Å². The molecule has 3 rings (SSSR count). The predicted octanol–water partition coefficient (Wildman–Crippen LogP) is 2.46. The van der Waals surface area contributed by atoms with E-state index in [0.29, 0.717) is 6.04 Å². The fourth-order valence-corrected chi connectivity index (χ4v) is 3.02. The van der Waals surface area contributed by atoms with Crippen LogP contribution >= 0.6 is 0 Å². The Labute approximate surface area is 112 Å². The summed E-state index contributed by atoms with van der Waals surface area (Å²) in [6.45, 7) is 9.82. The van der Waals surface area contributed by atoms with E-state index in [-0.39, 0.29) is 5.69 Å². The van der Waals surface area contributed by atoms with Gasteiger partial charge in [-0.05, 0) is 25.0 Å². The summed E-state index contributed by atoms with van der Waals surface area (Å²) in [5, 5.41) is 0. The third-order valence-electron chi connectivity index (χ3n) is 4.01. The summed E-state index contributed by atoms with van der Waals surface area (Å²) in [4.78, 5) is 17.4. The summed E-state index contributed by atoms with van der Waals surface area (Å²) in [5.41, 5.74) is 4.22. The molecule has 4 heteroatoms. The molecule has 0 spiro atoms. The molecule has 0 radical (unpaired) electrons. The third-order valence-corrected chi connectivity index (χ3v) is 4.01. The summed E-state index contributed by atoms with van der Waals surface area (Å²) >= 11 is 0. The van der Waals surface area contributed by atoms with Crippen molar-refractivity contribution >= 4 is 11.0 Å². The zero-order valence-electron chi connectivity index (χ0n) is 11.4. The average molecular weight is 257 g/mol. The number of allylic oxidation sites excluding steroid dienone is 1. The molecule has 1 unspecified atom stereocenters. The molecule has 0 aliphatic carbocycles. The molecule has 100 valence electrons. The second-order valence-corrected chi connectivity index (χ2v) is 5.28. The number of rotatable bonds is 2. The van der Waals surface area contributed by atoms with Crippen LogP contribution in [0.1, 0.15) is 25.8 Å². The van der Waals surface area contributed by atoms with Gasteiger partial charge in [-0.3, -0.25) is 4.57 Å². The van der Waals surface area contributed by atoms with Crippen LogP contribution in [0, 0.1) is 0 Å². The predicted molar refractivity (Wildman–Crippen MR) is 77.0 cm³/mol. The van der Waals surface area contributed by atoms with E-state index in [1.54, 1.807) is 0 Å². The first-order valence-electron chi connectivity index (χ1n) is 6.74. The van der Waals surface area contributed by atoms with Crippen LogP contribution < -0.4 is 5.69 Å². The Hall–Kier alpha value is -1.97. The van der Waals surface area contributed by atoms with Crippen molar-refractivity contribution in [3.05, 3.63) is 46.5 Å². The van der Waals surface area contributed by atoms with Gasteiger partial charge in [0.25, 0.3) is 0 Å². The Morgan fingerprint density at radius 3 is 3.00 bits per heavy atom. The lowest BCUT2D eigenvalue weighted by Crippen LogP contribution is -2.36. The first kappa shape index (κ1) is 12.1. The topological polar surface area (TPSA) is 41.0 Å². The summed E-state index contributed by atoms with van der Waals surface area (Å²) in [6.07, 6.45) is 1.000. The quantitative estimate of drug-likeness (QED) is 0.898. The van der Waals surface area contributed by atoms with E-state index >= 15 is 0 Å². The molecule has 1 aromatic carbocycles. The number of nitrogens with one attached hydrogen (secondary N) is 1. The van der Waals surface area contributed by atoms with Crippen molar-refractivity contribution in [1.29, 1.82) is 0 Å². The zero-order chi connectivity index (χ0) is 13.6. The van der Waals surface area contributed by atoms with Crippen molar-refractivity contribution in [2.45, 2.75) is 39.4 Å². The molecule has 1 N–H and O–H groups in total. The maximum atomic E-state index is 12.1. The molecule has 1 atom stereocenters. The van der Waals surface area contributed by atoms with Crippen LogP contribution in [0.3, 0.4) is 0 Å². The normalized spacial score (nSPS) is 18.6. The highest BCUT2D eigenvalue weighted by atomic mass is 16.1. The van der Waals surface area contributed by atoms with E-state index in [0.717, 1.165) is 36.2 Å². The number of benzene rings is 1. The standard InChI is InChI=1S/C15H19N3O/c1-4-12-9-18-14-11(8-17(12)10(2)3)6-5-7-13(14)16-15(18)19/h5-7,12H,2,4,8-9H2,1,3H3,(H,16,19). The molecule has 0 saturated carbocycles. The van der Waals surface area contributed by atoms with Crippen LogP contribution in [-0.2, 0) is 13.1 Å². The fourth-order valence-electron chi connectivity index (χ4n) is 3.02. The van der Waals surface area contributed by atoms with Crippen LogP contribution in [0.15, 0.2) is 35.3 Å². The van der Waals surface area contributed by atoms with E-state index < -0.39 is 0 Å². The van der Waals surface area contributed by atoms with Crippen molar-refractivity contribution < 1.29 is 0 Å². The van der Waals surface area contributed by atoms with Gasteiger partial charge in [0.15, 0.2) is 0 Å². The third kappa shape index (κ3) is 1.79. The lowest BCUT2D eigenvalue weighted by molar-refractivity contribution is 0.223. The first-order valence-corrected chi connectivity index (χ1v) is 6.74. The van der Waals surface area contributed by atoms with Crippen LogP contribution in [0.5, 0.6) is 0 Å². The minimum absolute atomic E-state index is 0.00975. The maximum absolute atomic E-state index is 12.1. The average Bonchev–Trinajstić information content (AvgIpc) is 2.59. The molecule has 2 aromatic rings. The van der Waals surface area contributed by atoms with Crippen molar-refractivity contribution in [3.8, 4) is 0 Å². The lowest BCUT2D eigenvalue weighted by atomic mass is 10.1. The van der Waals surface area contributed by atoms with Gasteiger partial charge >= 0.3 is 5.69 Å². The van der Waals surface area contributed by atoms with Crippen molar-refractivity contribution in [2.75, 3.05) is 0 Å². The van der Waals surface area contributed by atoms with Crippen LogP contribution in [0.25, 0.3) is 11.0 Å². The van der Waals surface area contributed by atoms with E-state index in [1.807, 2.05) is 23.6 Å². The van der Waals surface area contributed by atoms with Gasteiger partial charge in [0.2, 0.25) is 0 Å². The molecular formula is C15H19N3O. The van der Waals surface area contributed by atoms with Gasteiger partial charge in [-0.15, -0.1) is 0 Å². The minimum atomic E-state index is -0.00975. The molecular weight excluding hydrogens is 238 g/mol. The molecule has 19 heavy (non-hydrogen) atoms. The highest BCUT2D eigenvalue weighted by molar-refractivity contribution is 5.79. The molecule has 4 nitrogen and oxygen atoms in total. The van der Waals surface area contributed by atoms with Crippen molar-refractivity contribution in [1.82, 2.24) is 14.5 Å². The first-order chi connectivity index (χ1) is 9.11. The van der Waals surface area contributed by atoms with Gasteiger partial charge in [0.05, 0.1) is 11.0 Å². The maximum Gasteiger partial charge on any atom is 0.326 e. The van der Waals surface area contributed by atoms with Crippen molar-refractivity contribution in [3.63, 3.8) is 0 Å². The number of H-pyrrole nitrogens is 1. The van der Waals surface area contributed by atoms with Gasteiger partial charge in [-0.25, -0.2) is 4.79 Å². The summed E-state index contributed by atoms with van der Waals surface area (Å²) < 4.78 is 1.88. The van der Waals surface area contributed by atoms with Gasteiger partial charge < -0.3 is 9.88 Å². The van der Waals surface area contributed by atoms with Gasteiger partial charge in [-0.2, -0.15) is 0 Å². The molecule has 0 fully saturated rings. The van der Waals surface area contributed by atoms with Crippen LogP contribution in [0.2, 0.25) is 0 Å². The van der Waals surface area contributed by atoms with E-state index in [1.165, 1.54) is 5.56 Å². The minimum Gasteiger partial charge on any atom is -0.366 e. The molecule has 0 bridgehead atoms. The second-order valence-electron chi connectivity index (χ2n) is 5.28. The SMILES string of the molecule is C=C(C)N1Cc2cccc3[nH]c(=O)n(c23)CC1CC. The molecule has 2 heterocycles. The van der Waals surface area contributed by atoms with E-state index in [9.17, 15) is 4.79 Å². The van der Waals surface area contributed by atoms with Crippen LogP contribution in [0.4, 0.5) is 0 Å². The Balaban J connectivity index is 2.23. The summed E-state index contributed by atoms with van der Waals surface area (Å²) in [6, 6.07) is 6.39. The van der Waals surface area contributed by atoms with Gasteiger partial charge in [0.1, 0.15) is 0 Å².